The lowest BCUT2D eigenvalue weighted by Crippen LogP contribution is -2.31. The quantitative estimate of drug-likeness (QED) is 0.751. The van der Waals surface area contributed by atoms with Crippen LogP contribution in [0.5, 0.6) is 0 Å². The van der Waals surface area contributed by atoms with E-state index in [9.17, 15) is 14.7 Å². The summed E-state index contributed by atoms with van der Waals surface area (Å²) in [6, 6.07) is 0. The van der Waals surface area contributed by atoms with Crippen molar-refractivity contribution in [3.63, 3.8) is 0 Å². The number of carbonyl (C=O) groups excluding carboxylic acids is 2. The van der Waals surface area contributed by atoms with E-state index in [1.165, 1.54) is 0 Å². The van der Waals surface area contributed by atoms with Crippen LogP contribution in [0.4, 0.5) is 0 Å². The van der Waals surface area contributed by atoms with Gasteiger partial charge in [0.25, 0.3) is 0 Å². The third kappa shape index (κ3) is 4.50. The predicted octanol–water partition coefficient (Wildman–Crippen LogP) is 0.949. The van der Waals surface area contributed by atoms with Gasteiger partial charge in [-0.05, 0) is 30.6 Å². The maximum Gasteiger partial charge on any atom is 0.239 e. The van der Waals surface area contributed by atoms with Crippen LogP contribution in [-0.4, -0.2) is 22.3 Å². The van der Waals surface area contributed by atoms with E-state index >= 15 is 0 Å². The lowest BCUT2D eigenvalue weighted by molar-refractivity contribution is -0.305. The second-order valence-electron chi connectivity index (χ2n) is 6.77. The fourth-order valence-electron chi connectivity index (χ4n) is 2.59. The second kappa shape index (κ2) is 6.73. The molecule has 0 radical (unpaired) electrons. The van der Waals surface area contributed by atoms with Crippen LogP contribution in [-0.2, 0) is 9.59 Å². The molecule has 1 fully saturated rings. The number of amides is 1. The van der Waals surface area contributed by atoms with Crippen LogP contribution >= 0.6 is 11.8 Å². The summed E-state index contributed by atoms with van der Waals surface area (Å²) in [6.07, 6.45) is 4.92. The standard InChI is InChI=1S/C15H23N3O3S/c1-15(2,3)9-4-6-10(7-5-9)17-18-14-16-13(21)11(22-14)8-12(19)20/h6,9,11,17H,4-5,7-8H2,1-3H3,(H,19,20)(H,16,18,21)/p-1. The number of nitrogens with zero attached hydrogens (tertiary/aromatic N) is 1. The zero-order valence-corrected chi connectivity index (χ0v) is 14.0. The first-order valence-corrected chi connectivity index (χ1v) is 8.34. The van der Waals surface area contributed by atoms with Crippen LogP contribution in [0, 0.1) is 11.3 Å². The van der Waals surface area contributed by atoms with Gasteiger partial charge in [0.1, 0.15) is 0 Å². The Hall–Kier alpha value is -1.50. The van der Waals surface area contributed by atoms with Gasteiger partial charge in [-0.25, -0.2) is 0 Å². The van der Waals surface area contributed by atoms with Crippen molar-refractivity contribution in [1.29, 1.82) is 0 Å². The highest BCUT2D eigenvalue weighted by Crippen LogP contribution is 2.36. The largest absolute Gasteiger partial charge is 0.550 e. The molecule has 22 heavy (non-hydrogen) atoms. The van der Waals surface area contributed by atoms with Crippen LogP contribution in [0.2, 0.25) is 0 Å². The number of carboxylic acids is 1. The van der Waals surface area contributed by atoms with Crippen LogP contribution in [0.15, 0.2) is 16.9 Å². The molecule has 0 aromatic rings. The van der Waals surface area contributed by atoms with Crippen molar-refractivity contribution in [2.45, 2.75) is 51.7 Å². The van der Waals surface area contributed by atoms with Gasteiger partial charge in [-0.1, -0.05) is 38.6 Å². The summed E-state index contributed by atoms with van der Waals surface area (Å²) in [5.41, 5.74) is 4.33. The number of nitrogens with one attached hydrogen (secondary N) is 2. The smallest absolute Gasteiger partial charge is 0.239 e. The van der Waals surface area contributed by atoms with Crippen molar-refractivity contribution >= 4 is 28.8 Å². The molecule has 1 aliphatic heterocycles. The van der Waals surface area contributed by atoms with Gasteiger partial charge in [-0.15, -0.1) is 0 Å². The van der Waals surface area contributed by atoms with Gasteiger partial charge in [0.05, 0.1) is 5.25 Å². The molecule has 1 amide bonds. The highest BCUT2D eigenvalue weighted by Gasteiger charge is 2.30. The molecular formula is C15H22N3O3S-. The van der Waals surface area contributed by atoms with E-state index in [1.54, 1.807) is 0 Å². The molecule has 7 heteroatoms. The van der Waals surface area contributed by atoms with Crippen molar-refractivity contribution in [2.75, 3.05) is 0 Å². The number of hydrazone groups is 1. The van der Waals surface area contributed by atoms with Crippen LogP contribution in [0.3, 0.4) is 0 Å². The van der Waals surface area contributed by atoms with Crippen molar-refractivity contribution < 1.29 is 14.7 Å². The minimum atomic E-state index is -1.23. The Morgan fingerprint density at radius 1 is 1.55 bits per heavy atom. The Labute approximate surface area is 134 Å². The molecule has 2 rings (SSSR count). The van der Waals surface area contributed by atoms with E-state index < -0.39 is 11.2 Å². The lowest BCUT2D eigenvalue weighted by atomic mass is 9.74. The molecule has 6 nitrogen and oxygen atoms in total. The summed E-state index contributed by atoms with van der Waals surface area (Å²) < 4.78 is 0. The molecule has 0 saturated carbocycles. The summed E-state index contributed by atoms with van der Waals surface area (Å²) in [4.78, 5) is 22.1. The number of thioether (sulfide) groups is 1. The second-order valence-corrected chi connectivity index (χ2v) is 7.96. The molecule has 0 aromatic carbocycles. The third-order valence-electron chi connectivity index (χ3n) is 4.07. The average molecular weight is 324 g/mol. The number of allylic oxidation sites excluding steroid dienone is 2. The molecule has 0 aromatic heterocycles. The third-order valence-corrected chi connectivity index (χ3v) is 5.15. The summed E-state index contributed by atoms with van der Waals surface area (Å²) in [6.45, 7) is 6.77. The number of hydrogen-bond acceptors (Lipinski definition) is 6. The van der Waals surface area contributed by atoms with Gasteiger partial charge in [0.2, 0.25) is 5.91 Å². The number of hydrogen-bond donors (Lipinski definition) is 2. The molecule has 2 atom stereocenters. The van der Waals surface area contributed by atoms with Crippen molar-refractivity contribution in [1.82, 2.24) is 10.7 Å². The Balaban J connectivity index is 1.87. The SMILES string of the molecule is CC(C)(C)C1CC=C(N/N=C2\NC(=O)C(CC(=O)[O-])S2)CC1. The summed E-state index contributed by atoms with van der Waals surface area (Å²) in [7, 11) is 0. The van der Waals surface area contributed by atoms with E-state index in [2.05, 4.69) is 42.7 Å². The number of carbonyl (C=O) groups is 2. The van der Waals surface area contributed by atoms with Crippen LogP contribution in [0.25, 0.3) is 0 Å². The van der Waals surface area contributed by atoms with Crippen LogP contribution in [0.1, 0.15) is 46.5 Å². The van der Waals surface area contributed by atoms with Crippen molar-refractivity contribution in [3.8, 4) is 0 Å². The highest BCUT2D eigenvalue weighted by atomic mass is 32.2. The predicted molar refractivity (Wildman–Crippen MR) is 84.6 cm³/mol. The summed E-state index contributed by atoms with van der Waals surface area (Å²) in [5.74, 6) is -0.899. The van der Waals surface area contributed by atoms with Crippen LogP contribution < -0.4 is 15.8 Å². The molecule has 0 bridgehead atoms. The van der Waals surface area contributed by atoms with Gasteiger partial charge in [-0.2, -0.15) is 5.10 Å². The van der Waals surface area contributed by atoms with Gasteiger partial charge >= 0.3 is 0 Å². The normalized spacial score (nSPS) is 27.5. The lowest BCUT2D eigenvalue weighted by Gasteiger charge is -2.33. The molecule has 2 N–H and O–H groups in total. The molecule has 1 heterocycles. The topological polar surface area (TPSA) is 93.6 Å². The molecule has 122 valence electrons. The maximum absolute atomic E-state index is 11.6. The van der Waals surface area contributed by atoms with Gasteiger partial charge < -0.3 is 15.2 Å². The van der Waals surface area contributed by atoms with E-state index in [0.717, 1.165) is 36.7 Å². The molecule has 1 saturated heterocycles. The minimum Gasteiger partial charge on any atom is -0.550 e. The molecule has 2 aliphatic rings. The van der Waals surface area contributed by atoms with E-state index in [-0.39, 0.29) is 12.3 Å². The molecule has 2 unspecified atom stereocenters. The van der Waals surface area contributed by atoms with Gasteiger partial charge in [0.15, 0.2) is 5.17 Å². The molecule has 1 aliphatic carbocycles. The molecular weight excluding hydrogens is 302 g/mol. The number of carboxylic acid groups (broad SMARTS) is 1. The summed E-state index contributed by atoms with van der Waals surface area (Å²) in [5, 5.41) is 17.0. The number of amidine groups is 1. The number of rotatable bonds is 4. The Kier molecular flexibility index (Phi) is 5.16. The first-order chi connectivity index (χ1) is 10.3. The zero-order chi connectivity index (χ0) is 16.3. The fraction of sp³-hybridized carbons (Fsp3) is 0.667. The average Bonchev–Trinajstić information content (AvgIpc) is 2.76. The first kappa shape index (κ1) is 16.9. The van der Waals surface area contributed by atoms with Crippen molar-refractivity contribution in [3.05, 3.63) is 11.8 Å². The number of aliphatic carboxylic acids is 1. The van der Waals surface area contributed by atoms with Gasteiger partial charge in [0, 0.05) is 18.1 Å². The van der Waals surface area contributed by atoms with E-state index in [4.69, 9.17) is 0 Å². The Morgan fingerprint density at radius 2 is 2.27 bits per heavy atom. The Bertz CT molecular complexity index is 523. The minimum absolute atomic E-state index is 0.300. The Morgan fingerprint density at radius 3 is 2.82 bits per heavy atom. The maximum atomic E-state index is 11.6. The zero-order valence-electron chi connectivity index (χ0n) is 13.1. The monoisotopic (exact) mass is 324 g/mol. The van der Waals surface area contributed by atoms with E-state index in [1.807, 2.05) is 0 Å². The molecule has 0 spiro atoms. The summed E-state index contributed by atoms with van der Waals surface area (Å²) >= 11 is 1.12. The highest BCUT2D eigenvalue weighted by molar-refractivity contribution is 8.15. The van der Waals surface area contributed by atoms with Crippen molar-refractivity contribution in [2.24, 2.45) is 16.4 Å². The first-order valence-electron chi connectivity index (χ1n) is 7.46. The van der Waals surface area contributed by atoms with E-state index in [0.29, 0.717) is 16.5 Å². The fourth-order valence-corrected chi connectivity index (χ4v) is 3.50. The van der Waals surface area contributed by atoms with Gasteiger partial charge in [-0.3, -0.25) is 10.2 Å².